The van der Waals surface area contributed by atoms with E-state index in [2.05, 4.69) is 31.9 Å². The summed E-state index contributed by atoms with van der Waals surface area (Å²) in [6.07, 6.45) is -1.26. The molecule has 0 aliphatic carbocycles. The van der Waals surface area contributed by atoms with Gasteiger partial charge in [0.25, 0.3) is 0 Å². The SMILES string of the molecule is Cc1c(Br)cc(C(=O)c2c(C(O)CO)oc3ccccc23)cc1Br. The zero-order valence-electron chi connectivity index (χ0n) is 12.7. The van der Waals surface area contributed by atoms with Gasteiger partial charge in [0.1, 0.15) is 17.4 Å². The van der Waals surface area contributed by atoms with Crippen LogP contribution in [0.1, 0.15) is 33.3 Å². The van der Waals surface area contributed by atoms with Crippen molar-refractivity contribution < 1.29 is 19.4 Å². The van der Waals surface area contributed by atoms with Gasteiger partial charge in [-0.05, 0) is 30.7 Å². The van der Waals surface area contributed by atoms with Crippen molar-refractivity contribution >= 4 is 48.6 Å². The Kier molecular flexibility index (Phi) is 4.92. The van der Waals surface area contributed by atoms with Crippen LogP contribution in [0.15, 0.2) is 49.8 Å². The predicted octanol–water partition coefficient (Wildman–Crippen LogP) is 4.52. The molecule has 0 saturated carbocycles. The number of carbonyl (C=O) groups is 1. The lowest BCUT2D eigenvalue weighted by Gasteiger charge is -2.09. The minimum atomic E-state index is -1.26. The molecule has 1 atom stereocenters. The summed E-state index contributed by atoms with van der Waals surface area (Å²) >= 11 is 6.89. The second kappa shape index (κ2) is 6.80. The van der Waals surface area contributed by atoms with Crippen LogP contribution in [0, 0.1) is 6.92 Å². The normalized spacial score (nSPS) is 12.5. The molecule has 124 valence electrons. The molecule has 4 nitrogen and oxygen atoms in total. The fourth-order valence-corrected chi connectivity index (χ4v) is 3.72. The summed E-state index contributed by atoms with van der Waals surface area (Å²) in [6.45, 7) is 1.40. The molecule has 0 amide bonds. The molecule has 3 aromatic rings. The Morgan fingerprint density at radius 1 is 1.21 bits per heavy atom. The molecule has 1 heterocycles. The molecule has 0 saturated heterocycles. The van der Waals surface area contributed by atoms with E-state index in [0.717, 1.165) is 14.5 Å². The van der Waals surface area contributed by atoms with Crippen LogP contribution in [0.2, 0.25) is 0 Å². The number of aliphatic hydroxyl groups is 2. The predicted molar refractivity (Wildman–Crippen MR) is 98.3 cm³/mol. The first-order chi connectivity index (χ1) is 11.4. The van der Waals surface area contributed by atoms with Crippen molar-refractivity contribution in [1.82, 2.24) is 0 Å². The molecule has 0 aliphatic rings. The molecule has 3 rings (SSSR count). The zero-order chi connectivity index (χ0) is 17.4. The number of rotatable bonds is 4. The molecule has 0 spiro atoms. The molecule has 0 radical (unpaired) electrons. The Morgan fingerprint density at radius 2 is 1.83 bits per heavy atom. The quantitative estimate of drug-likeness (QED) is 0.569. The van der Waals surface area contributed by atoms with Crippen LogP contribution in [0.4, 0.5) is 0 Å². The molecular formula is C18H14Br2O4. The van der Waals surface area contributed by atoms with E-state index in [1.807, 2.05) is 6.92 Å². The van der Waals surface area contributed by atoms with Gasteiger partial charge in [-0.3, -0.25) is 4.79 Å². The van der Waals surface area contributed by atoms with Crippen molar-refractivity contribution in [2.75, 3.05) is 6.61 Å². The van der Waals surface area contributed by atoms with Gasteiger partial charge in [-0.2, -0.15) is 0 Å². The molecule has 1 aromatic heterocycles. The van der Waals surface area contributed by atoms with Crippen LogP contribution in [0.25, 0.3) is 11.0 Å². The van der Waals surface area contributed by atoms with Gasteiger partial charge < -0.3 is 14.6 Å². The van der Waals surface area contributed by atoms with Crippen LogP contribution >= 0.6 is 31.9 Å². The van der Waals surface area contributed by atoms with Crippen LogP contribution in [-0.2, 0) is 0 Å². The summed E-state index contributed by atoms with van der Waals surface area (Å²) in [5, 5.41) is 19.9. The number of aliphatic hydroxyl groups excluding tert-OH is 2. The molecule has 0 aliphatic heterocycles. The third kappa shape index (κ3) is 2.95. The van der Waals surface area contributed by atoms with Gasteiger partial charge >= 0.3 is 0 Å². The van der Waals surface area contributed by atoms with E-state index in [0.29, 0.717) is 16.5 Å². The Bertz CT molecular complexity index is 907. The van der Waals surface area contributed by atoms with Crippen molar-refractivity contribution in [3.05, 3.63) is 67.8 Å². The van der Waals surface area contributed by atoms with Crippen molar-refractivity contribution in [3.63, 3.8) is 0 Å². The highest BCUT2D eigenvalue weighted by molar-refractivity contribution is 9.11. The molecule has 6 heteroatoms. The van der Waals surface area contributed by atoms with E-state index >= 15 is 0 Å². The number of hydrogen-bond acceptors (Lipinski definition) is 4. The minimum absolute atomic E-state index is 0.0801. The summed E-state index contributed by atoms with van der Waals surface area (Å²) in [5.74, 6) is -0.194. The van der Waals surface area contributed by atoms with E-state index in [1.165, 1.54) is 0 Å². The fourth-order valence-electron chi connectivity index (χ4n) is 2.54. The van der Waals surface area contributed by atoms with E-state index in [9.17, 15) is 15.0 Å². The lowest BCUT2D eigenvalue weighted by molar-refractivity contribution is 0.0768. The highest BCUT2D eigenvalue weighted by Gasteiger charge is 2.26. The van der Waals surface area contributed by atoms with Crippen molar-refractivity contribution in [2.45, 2.75) is 13.0 Å². The Balaban J connectivity index is 2.23. The zero-order valence-corrected chi connectivity index (χ0v) is 15.9. The summed E-state index contributed by atoms with van der Waals surface area (Å²) < 4.78 is 7.23. The van der Waals surface area contributed by atoms with E-state index in [4.69, 9.17) is 4.42 Å². The molecule has 2 aromatic carbocycles. The standard InChI is InChI=1S/C18H14Br2O4/c1-9-12(19)6-10(7-13(9)20)17(23)16-11-4-2-3-5-15(11)24-18(16)14(22)8-21/h2-7,14,21-22H,8H2,1H3. The first kappa shape index (κ1) is 17.4. The Morgan fingerprint density at radius 3 is 2.46 bits per heavy atom. The lowest BCUT2D eigenvalue weighted by Crippen LogP contribution is -2.09. The average molecular weight is 454 g/mol. The molecule has 2 N–H and O–H groups in total. The summed E-state index contributed by atoms with van der Waals surface area (Å²) in [5.41, 5.74) is 2.21. The second-order valence-corrected chi connectivity index (χ2v) is 7.14. The number of para-hydroxylation sites is 1. The number of ketones is 1. The molecular weight excluding hydrogens is 440 g/mol. The summed E-state index contributed by atoms with van der Waals surface area (Å²) in [6, 6.07) is 10.5. The largest absolute Gasteiger partial charge is 0.457 e. The van der Waals surface area contributed by atoms with Gasteiger partial charge in [0.15, 0.2) is 5.78 Å². The lowest BCUT2D eigenvalue weighted by atomic mass is 9.98. The van der Waals surface area contributed by atoms with Gasteiger partial charge in [-0.1, -0.05) is 50.1 Å². The number of benzene rings is 2. The first-order valence-electron chi connectivity index (χ1n) is 7.24. The average Bonchev–Trinajstić information content (AvgIpc) is 2.97. The fraction of sp³-hybridized carbons (Fsp3) is 0.167. The van der Waals surface area contributed by atoms with Gasteiger partial charge in [-0.25, -0.2) is 0 Å². The molecule has 1 unspecified atom stereocenters. The number of carbonyl (C=O) groups excluding carboxylic acids is 1. The van der Waals surface area contributed by atoms with Crippen molar-refractivity contribution in [2.24, 2.45) is 0 Å². The molecule has 0 bridgehead atoms. The van der Waals surface area contributed by atoms with Crippen molar-refractivity contribution in [3.8, 4) is 0 Å². The number of furan rings is 1. The van der Waals surface area contributed by atoms with Gasteiger partial charge in [0.05, 0.1) is 12.2 Å². The van der Waals surface area contributed by atoms with E-state index in [-0.39, 0.29) is 17.1 Å². The van der Waals surface area contributed by atoms with Crippen molar-refractivity contribution in [1.29, 1.82) is 0 Å². The number of fused-ring (bicyclic) bond motifs is 1. The molecule has 0 fully saturated rings. The van der Waals surface area contributed by atoms with Gasteiger partial charge in [0.2, 0.25) is 0 Å². The van der Waals surface area contributed by atoms with Gasteiger partial charge in [0, 0.05) is 19.9 Å². The smallest absolute Gasteiger partial charge is 0.197 e. The molecule has 24 heavy (non-hydrogen) atoms. The second-order valence-electron chi connectivity index (χ2n) is 5.43. The summed E-state index contributed by atoms with van der Waals surface area (Å²) in [7, 11) is 0. The van der Waals surface area contributed by atoms with E-state index in [1.54, 1.807) is 36.4 Å². The minimum Gasteiger partial charge on any atom is -0.457 e. The highest BCUT2D eigenvalue weighted by atomic mass is 79.9. The maximum Gasteiger partial charge on any atom is 0.197 e. The number of halogens is 2. The highest BCUT2D eigenvalue weighted by Crippen LogP contribution is 2.34. The van der Waals surface area contributed by atoms with Crippen LogP contribution in [-0.4, -0.2) is 22.6 Å². The number of hydrogen-bond donors (Lipinski definition) is 2. The van der Waals surface area contributed by atoms with Crippen LogP contribution in [0.3, 0.4) is 0 Å². The first-order valence-corrected chi connectivity index (χ1v) is 8.83. The van der Waals surface area contributed by atoms with Gasteiger partial charge in [-0.15, -0.1) is 0 Å². The maximum absolute atomic E-state index is 13.1. The topological polar surface area (TPSA) is 70.7 Å². The Hall–Kier alpha value is -1.47. The third-order valence-corrected chi connectivity index (χ3v) is 5.52. The van der Waals surface area contributed by atoms with Crippen LogP contribution in [0.5, 0.6) is 0 Å². The third-order valence-electron chi connectivity index (χ3n) is 3.87. The van der Waals surface area contributed by atoms with E-state index < -0.39 is 12.7 Å². The maximum atomic E-state index is 13.1. The van der Waals surface area contributed by atoms with Crippen LogP contribution < -0.4 is 0 Å². The monoisotopic (exact) mass is 452 g/mol. The summed E-state index contributed by atoms with van der Waals surface area (Å²) in [4.78, 5) is 13.1. The Labute approximate surface area is 155 Å².